The van der Waals surface area contributed by atoms with Crippen molar-refractivity contribution in [2.75, 3.05) is 0 Å². The molecule has 5 atom stereocenters. The van der Waals surface area contributed by atoms with E-state index in [9.17, 15) is 0 Å². The van der Waals surface area contributed by atoms with Gasteiger partial charge in [0.15, 0.2) is 0 Å². The molecule has 10 fully saturated rings. The molecule has 1 spiro atoms. The zero-order chi connectivity index (χ0) is 8.64. The third kappa shape index (κ3) is 0.0321. The van der Waals surface area contributed by atoms with Gasteiger partial charge in [0.25, 0.3) is 0 Å². The summed E-state index contributed by atoms with van der Waals surface area (Å²) in [7, 11) is -2.94. The van der Waals surface area contributed by atoms with Crippen molar-refractivity contribution < 1.29 is 7.72 Å². The van der Waals surface area contributed by atoms with E-state index in [1.54, 1.807) is 33.5 Å². The summed E-state index contributed by atoms with van der Waals surface area (Å²) in [5, 5.41) is 0. The average molecular weight is 273 g/mol. The fourth-order valence-electron chi connectivity index (χ4n) is 19.2. The Hall–Kier alpha value is 0.623. The molecule has 10 saturated heterocycles. The first-order chi connectivity index (χ1) is 6.50. The molecule has 0 aliphatic carbocycles. The molecule has 0 amide bonds. The molecule has 5 unspecified atom stereocenters. The molecule has 0 aromatic carbocycles. The molecule has 10 rings (SSSR count). The topological polar surface area (TPSA) is 0 Å². The Morgan fingerprint density at radius 2 is 1.50 bits per heavy atom. The normalized spacial score (nSPS) is 148. The van der Waals surface area contributed by atoms with E-state index >= 15 is 0 Å². The van der Waals surface area contributed by atoms with Crippen molar-refractivity contribution in [3.63, 3.8) is 0 Å². The van der Waals surface area contributed by atoms with E-state index in [1.807, 2.05) is 0 Å². The zero-order valence-electron chi connectivity index (χ0n) is 8.68. The molecular weight excluding hydrogens is 257 g/mol. The van der Waals surface area contributed by atoms with Crippen LogP contribution in [0.3, 0.4) is 0 Å². The van der Waals surface area contributed by atoms with Crippen molar-refractivity contribution in [1.82, 2.24) is 0 Å². The fourth-order valence-corrected chi connectivity index (χ4v) is 159. The summed E-state index contributed by atoms with van der Waals surface area (Å²) < 4.78 is 14.7. The number of fused-ring (bicyclic) bond motifs is 10. The van der Waals surface area contributed by atoms with Crippen LogP contribution in [-0.2, 0) is 7.72 Å². The Morgan fingerprint density at radius 1 is 0.929 bits per heavy atom. The summed E-state index contributed by atoms with van der Waals surface area (Å²) in [4.78, 5) is 0. The van der Waals surface area contributed by atoms with Gasteiger partial charge in [0.1, 0.15) is 0 Å². The minimum absolute atomic E-state index is 1.16. The first-order valence-corrected chi connectivity index (χ1v) is 16.5. The Kier molecular flexibility index (Phi) is 0.110. The van der Waals surface area contributed by atoms with Gasteiger partial charge in [-0.3, -0.25) is 0 Å². The summed E-state index contributed by atoms with van der Waals surface area (Å²) in [6.07, 6.45) is 1.67. The predicted octanol–water partition coefficient (Wildman–Crippen LogP) is 4.55. The van der Waals surface area contributed by atoms with E-state index in [0.717, 1.165) is 4.01 Å². The Labute approximate surface area is 72.2 Å². The van der Waals surface area contributed by atoms with Gasteiger partial charge in [-0.05, 0) is 0 Å². The molecule has 1 heteroatoms. The molecule has 0 aromatic heterocycles. The van der Waals surface area contributed by atoms with E-state index in [4.69, 9.17) is 0 Å². The van der Waals surface area contributed by atoms with Gasteiger partial charge in [-0.2, -0.15) is 0 Å². The van der Waals surface area contributed by atoms with Crippen LogP contribution in [0.1, 0.15) is 20.3 Å². The summed E-state index contributed by atoms with van der Waals surface area (Å²) in [5.74, 6) is 0. The molecule has 0 bridgehead atoms. The molecule has 10 aliphatic rings. The van der Waals surface area contributed by atoms with Crippen LogP contribution in [0.25, 0.3) is 0 Å². The number of hydrogen-bond donors (Lipinski definition) is 0. The van der Waals surface area contributed by atoms with Crippen molar-refractivity contribution >= 4 is 0 Å². The molecule has 0 nitrogen and oxygen atoms in total. The third-order valence-electron chi connectivity index (χ3n) is 16.5. The molecule has 10 aliphatic heterocycles. The van der Waals surface area contributed by atoms with E-state index < -0.39 is 7.72 Å². The van der Waals surface area contributed by atoms with Crippen LogP contribution in [0.5, 0.6) is 0 Å². The average Bonchev–Trinajstić information content (AvgIpc) is 3.11. The van der Waals surface area contributed by atoms with E-state index in [1.165, 1.54) is 13.0 Å². The molecular formula is C13H16Ru. The van der Waals surface area contributed by atoms with Crippen LogP contribution in [0, 0.1) is 0 Å². The molecule has 76 valence electrons. The monoisotopic (exact) mass is 274 g/mol. The van der Waals surface area contributed by atoms with Crippen LogP contribution in [0.15, 0.2) is 0 Å². The Morgan fingerprint density at radius 3 is 1.57 bits per heavy atom. The zero-order valence-corrected chi connectivity index (χ0v) is 10.4. The number of rotatable bonds is 1. The molecule has 0 saturated carbocycles. The first-order valence-electron chi connectivity index (χ1n) is 6.71. The molecule has 0 N–H and O–H groups in total. The summed E-state index contributed by atoms with van der Waals surface area (Å²) >= 11 is 0. The molecule has 0 radical (unpaired) electrons. The van der Waals surface area contributed by atoms with E-state index in [-0.39, 0.29) is 0 Å². The van der Waals surface area contributed by atoms with Gasteiger partial charge in [-0.25, -0.2) is 0 Å². The van der Waals surface area contributed by atoms with Crippen LogP contribution in [0.2, 0.25) is 44.1 Å². The minimum atomic E-state index is -2.94. The molecule has 14 heavy (non-hydrogen) atoms. The Balaban J connectivity index is 2.02. The van der Waals surface area contributed by atoms with Gasteiger partial charge in [-0.1, -0.05) is 0 Å². The standard InChI is InChI=1S/C8H11.C5H5.Ru/c1-3-8-6-4-5-7(8)2;1-2-4-5-3-1;/h4-6H,3H2,1-2H3;1-5H;. The van der Waals surface area contributed by atoms with Crippen LogP contribution < -0.4 is 0 Å². The molecule has 10 heterocycles. The third-order valence-corrected chi connectivity index (χ3v) is 87.3. The Bertz CT molecular complexity index is 882. The quantitative estimate of drug-likeness (QED) is 0.615. The number of hydrogen-bond acceptors (Lipinski definition) is 0. The van der Waals surface area contributed by atoms with Crippen molar-refractivity contribution in [1.29, 1.82) is 0 Å². The van der Waals surface area contributed by atoms with Crippen molar-refractivity contribution in [2.45, 2.75) is 64.4 Å². The van der Waals surface area contributed by atoms with Crippen LogP contribution >= 0.6 is 0 Å². The van der Waals surface area contributed by atoms with Crippen molar-refractivity contribution in [3.05, 3.63) is 0 Å². The van der Waals surface area contributed by atoms with Gasteiger partial charge >= 0.3 is 72.1 Å². The second-order valence-electron chi connectivity index (χ2n) is 10.6. The van der Waals surface area contributed by atoms with Gasteiger partial charge < -0.3 is 0 Å². The van der Waals surface area contributed by atoms with Crippen molar-refractivity contribution in [2.24, 2.45) is 0 Å². The van der Waals surface area contributed by atoms with Gasteiger partial charge in [-0.15, -0.1) is 0 Å². The van der Waals surface area contributed by atoms with Crippen LogP contribution in [0.4, 0.5) is 0 Å². The van der Waals surface area contributed by atoms with Crippen LogP contribution in [-0.4, -0.2) is 0 Å². The summed E-state index contributed by atoms with van der Waals surface area (Å²) in [6, 6.07) is 0. The summed E-state index contributed by atoms with van der Waals surface area (Å²) in [5.41, 5.74) is 0. The maximum absolute atomic E-state index is 2.94. The predicted molar refractivity (Wildman–Crippen MR) is 51.4 cm³/mol. The van der Waals surface area contributed by atoms with Crippen molar-refractivity contribution in [3.8, 4) is 0 Å². The second kappa shape index (κ2) is 0.318. The second-order valence-corrected chi connectivity index (χ2v) is 47.8. The fraction of sp³-hybridized carbons (Fsp3) is 1.00. The van der Waals surface area contributed by atoms with E-state index in [2.05, 4.69) is 13.8 Å². The van der Waals surface area contributed by atoms with Gasteiger partial charge in [0, 0.05) is 0 Å². The van der Waals surface area contributed by atoms with Gasteiger partial charge in [0.2, 0.25) is 0 Å². The summed E-state index contributed by atoms with van der Waals surface area (Å²) in [6.45, 7) is 5.46. The first kappa shape index (κ1) is 4.86. The SMILES string of the molecule is CC[C]12[CH]3[CH]4[CH]5[C]1(C)[Ru]45321678[CH]2[CH]1[CH]6[CH]7[CH]28. The van der Waals surface area contributed by atoms with E-state index in [0.29, 0.717) is 0 Å². The maximum atomic E-state index is 2.86. The van der Waals surface area contributed by atoms with Gasteiger partial charge in [0.05, 0.1) is 0 Å². The molecule has 0 aromatic rings.